The van der Waals surface area contributed by atoms with Gasteiger partial charge >= 0.3 is 0 Å². The summed E-state index contributed by atoms with van der Waals surface area (Å²) in [7, 11) is 1.98. The van der Waals surface area contributed by atoms with Crippen LogP contribution in [-0.4, -0.2) is 23.9 Å². The molecule has 0 aliphatic heterocycles. The van der Waals surface area contributed by atoms with E-state index in [4.69, 9.17) is 5.84 Å². The number of guanidine groups is 1. The molecule has 94 valence electrons. The van der Waals surface area contributed by atoms with Crippen LogP contribution in [0.15, 0.2) is 29.3 Å². The Balaban J connectivity index is 2.74. The number of nitrogens with zero attached hydrogens (tertiary/aromatic N) is 2. The number of hydrazine groups is 1. The molecule has 4 heteroatoms. The molecule has 0 aromatic heterocycles. The third kappa shape index (κ3) is 4.44. The summed E-state index contributed by atoms with van der Waals surface area (Å²) in [6.45, 7) is 6.93. The molecule has 0 radical (unpaired) electrons. The molecule has 4 nitrogen and oxygen atoms in total. The van der Waals surface area contributed by atoms with Gasteiger partial charge < -0.3 is 4.90 Å². The molecule has 0 spiro atoms. The minimum absolute atomic E-state index is 0.223. The van der Waals surface area contributed by atoms with Gasteiger partial charge in [0.1, 0.15) is 0 Å². The molecule has 0 unspecified atom stereocenters. The van der Waals surface area contributed by atoms with E-state index in [1.807, 2.05) is 25.8 Å². The van der Waals surface area contributed by atoms with Gasteiger partial charge in [0.2, 0.25) is 5.96 Å². The first-order valence-corrected chi connectivity index (χ1v) is 5.84. The van der Waals surface area contributed by atoms with Crippen LogP contribution in [0.2, 0.25) is 0 Å². The van der Waals surface area contributed by atoms with Crippen molar-refractivity contribution in [3.8, 4) is 0 Å². The Labute approximate surface area is 104 Å². The predicted molar refractivity (Wildman–Crippen MR) is 72.5 cm³/mol. The minimum Gasteiger partial charge on any atom is -0.341 e. The Morgan fingerprint density at radius 2 is 2.18 bits per heavy atom. The van der Waals surface area contributed by atoms with Crippen molar-refractivity contribution in [2.45, 2.75) is 33.4 Å². The van der Waals surface area contributed by atoms with E-state index >= 15 is 0 Å². The topological polar surface area (TPSA) is 53.6 Å². The zero-order valence-electron chi connectivity index (χ0n) is 11.1. The standard InChI is InChI=1S/C13H22N4/c1-10(2)15-13(16-14)17(4)9-12-7-5-6-11(3)8-12/h5-8,10H,9,14H2,1-4H3,(H,15,16). The number of benzene rings is 1. The number of hydrogen-bond acceptors (Lipinski definition) is 2. The highest BCUT2D eigenvalue weighted by molar-refractivity contribution is 5.79. The largest absolute Gasteiger partial charge is 0.341 e. The van der Waals surface area contributed by atoms with E-state index in [0.29, 0.717) is 5.96 Å². The molecule has 0 saturated carbocycles. The fourth-order valence-electron chi connectivity index (χ4n) is 1.65. The van der Waals surface area contributed by atoms with Crippen molar-refractivity contribution >= 4 is 5.96 Å². The zero-order chi connectivity index (χ0) is 12.8. The van der Waals surface area contributed by atoms with Crippen molar-refractivity contribution in [1.29, 1.82) is 0 Å². The first-order valence-electron chi connectivity index (χ1n) is 5.84. The van der Waals surface area contributed by atoms with Crippen LogP contribution >= 0.6 is 0 Å². The first kappa shape index (κ1) is 13.5. The second-order valence-electron chi connectivity index (χ2n) is 4.54. The van der Waals surface area contributed by atoms with Crippen LogP contribution in [0.5, 0.6) is 0 Å². The summed E-state index contributed by atoms with van der Waals surface area (Å²) in [4.78, 5) is 6.43. The molecule has 0 bridgehead atoms. The third-order valence-electron chi connectivity index (χ3n) is 2.37. The van der Waals surface area contributed by atoms with E-state index in [9.17, 15) is 0 Å². The smallest absolute Gasteiger partial charge is 0.208 e. The highest BCUT2D eigenvalue weighted by Crippen LogP contribution is 2.06. The zero-order valence-corrected chi connectivity index (χ0v) is 11.1. The van der Waals surface area contributed by atoms with Crippen LogP contribution in [0.3, 0.4) is 0 Å². The van der Waals surface area contributed by atoms with Gasteiger partial charge in [0.25, 0.3) is 0 Å². The first-order chi connectivity index (χ1) is 8.02. The molecule has 0 heterocycles. The molecule has 0 atom stereocenters. The number of nitrogens with two attached hydrogens (primary N) is 1. The second-order valence-corrected chi connectivity index (χ2v) is 4.54. The van der Waals surface area contributed by atoms with Crippen LogP contribution in [0.1, 0.15) is 25.0 Å². The lowest BCUT2D eigenvalue weighted by molar-refractivity contribution is 0.474. The minimum atomic E-state index is 0.223. The van der Waals surface area contributed by atoms with Gasteiger partial charge in [0.15, 0.2) is 0 Å². The van der Waals surface area contributed by atoms with E-state index in [0.717, 1.165) is 6.54 Å². The molecular formula is C13H22N4. The highest BCUT2D eigenvalue weighted by Gasteiger charge is 2.06. The van der Waals surface area contributed by atoms with E-state index < -0.39 is 0 Å². The second kappa shape index (κ2) is 6.25. The molecule has 3 N–H and O–H groups in total. The Hall–Kier alpha value is -1.55. The van der Waals surface area contributed by atoms with Gasteiger partial charge in [0, 0.05) is 19.6 Å². The van der Waals surface area contributed by atoms with Gasteiger partial charge in [0.05, 0.1) is 0 Å². The molecule has 17 heavy (non-hydrogen) atoms. The van der Waals surface area contributed by atoms with Crippen molar-refractivity contribution in [1.82, 2.24) is 10.3 Å². The number of rotatable bonds is 3. The lowest BCUT2D eigenvalue weighted by Gasteiger charge is -2.21. The van der Waals surface area contributed by atoms with Crippen LogP contribution in [-0.2, 0) is 6.54 Å². The Morgan fingerprint density at radius 1 is 1.47 bits per heavy atom. The van der Waals surface area contributed by atoms with Gasteiger partial charge in [-0.2, -0.15) is 0 Å². The van der Waals surface area contributed by atoms with E-state index in [1.165, 1.54) is 11.1 Å². The molecular weight excluding hydrogens is 212 g/mol. The van der Waals surface area contributed by atoms with E-state index in [1.54, 1.807) is 0 Å². The van der Waals surface area contributed by atoms with Crippen LogP contribution in [0.25, 0.3) is 0 Å². The maximum atomic E-state index is 5.48. The Bertz CT molecular complexity index is 385. The quantitative estimate of drug-likeness (QED) is 0.362. The monoisotopic (exact) mass is 234 g/mol. The Morgan fingerprint density at radius 3 is 2.71 bits per heavy atom. The van der Waals surface area contributed by atoms with Gasteiger partial charge in [-0.25, -0.2) is 10.8 Å². The fourth-order valence-corrected chi connectivity index (χ4v) is 1.65. The van der Waals surface area contributed by atoms with Crippen molar-refractivity contribution in [2.24, 2.45) is 10.8 Å². The van der Waals surface area contributed by atoms with Gasteiger partial charge in [-0.1, -0.05) is 29.8 Å². The molecule has 1 aromatic rings. The predicted octanol–water partition coefficient (Wildman–Crippen LogP) is 1.65. The summed E-state index contributed by atoms with van der Waals surface area (Å²) in [6, 6.07) is 8.65. The summed E-state index contributed by atoms with van der Waals surface area (Å²) in [5.74, 6) is 6.19. The molecule has 0 aliphatic carbocycles. The maximum Gasteiger partial charge on any atom is 0.208 e. The van der Waals surface area contributed by atoms with Crippen molar-refractivity contribution in [2.75, 3.05) is 7.05 Å². The highest BCUT2D eigenvalue weighted by atomic mass is 15.4. The maximum absolute atomic E-state index is 5.48. The van der Waals surface area contributed by atoms with Gasteiger partial charge in [-0.15, -0.1) is 0 Å². The van der Waals surface area contributed by atoms with E-state index in [2.05, 4.69) is 41.6 Å². The van der Waals surface area contributed by atoms with Crippen molar-refractivity contribution in [3.05, 3.63) is 35.4 Å². The third-order valence-corrected chi connectivity index (χ3v) is 2.37. The fraction of sp³-hybridized carbons (Fsp3) is 0.462. The summed E-state index contributed by atoms with van der Waals surface area (Å²) < 4.78 is 0. The molecule has 1 rings (SSSR count). The number of aryl methyl sites for hydroxylation is 1. The van der Waals surface area contributed by atoms with Gasteiger partial charge in [-0.05, 0) is 26.3 Å². The molecule has 0 saturated heterocycles. The summed E-state index contributed by atoms with van der Waals surface area (Å²) >= 11 is 0. The number of nitrogens with one attached hydrogen (secondary N) is 1. The van der Waals surface area contributed by atoms with Crippen molar-refractivity contribution in [3.63, 3.8) is 0 Å². The normalized spacial score (nSPS) is 11.8. The van der Waals surface area contributed by atoms with Crippen LogP contribution in [0, 0.1) is 6.92 Å². The summed E-state index contributed by atoms with van der Waals surface area (Å²) in [6.07, 6.45) is 0. The van der Waals surface area contributed by atoms with Crippen LogP contribution in [0.4, 0.5) is 0 Å². The Kier molecular flexibility index (Phi) is 4.97. The average molecular weight is 234 g/mol. The molecule has 0 amide bonds. The SMILES string of the molecule is Cc1cccc(CN(C)C(=NC(C)C)NN)c1. The van der Waals surface area contributed by atoms with Crippen molar-refractivity contribution < 1.29 is 0 Å². The van der Waals surface area contributed by atoms with Gasteiger partial charge in [-0.3, -0.25) is 5.43 Å². The molecule has 0 fully saturated rings. The summed E-state index contributed by atoms with van der Waals surface area (Å²) in [5, 5.41) is 0. The van der Waals surface area contributed by atoms with E-state index in [-0.39, 0.29) is 6.04 Å². The summed E-state index contributed by atoms with van der Waals surface area (Å²) in [5.41, 5.74) is 5.16. The average Bonchev–Trinajstić information content (AvgIpc) is 2.25. The number of hydrogen-bond donors (Lipinski definition) is 2. The number of aliphatic imine (C=N–C) groups is 1. The van der Waals surface area contributed by atoms with Crippen LogP contribution < -0.4 is 11.3 Å². The lowest BCUT2D eigenvalue weighted by atomic mass is 10.1. The molecule has 1 aromatic carbocycles. The molecule has 0 aliphatic rings. The lowest BCUT2D eigenvalue weighted by Crippen LogP contribution is -2.42.